The van der Waals surface area contributed by atoms with Crippen molar-refractivity contribution in [2.45, 2.75) is 19.1 Å². The number of rotatable bonds is 5. The lowest BCUT2D eigenvalue weighted by atomic mass is 10.2. The van der Waals surface area contributed by atoms with Gasteiger partial charge in [0.2, 0.25) is 5.91 Å². The van der Waals surface area contributed by atoms with Gasteiger partial charge in [-0.1, -0.05) is 41.1 Å². The van der Waals surface area contributed by atoms with E-state index >= 15 is 0 Å². The number of hydrogen-bond donors (Lipinski definition) is 1. The Bertz CT molecular complexity index is 931. The van der Waals surface area contributed by atoms with E-state index in [4.69, 9.17) is 16.3 Å². The number of hydrogen-bond acceptors (Lipinski definition) is 5. The van der Waals surface area contributed by atoms with Crippen LogP contribution in [0.4, 0.5) is 11.4 Å². The smallest absolute Gasteiger partial charge is 0.254 e. The fourth-order valence-electron chi connectivity index (χ4n) is 2.62. The van der Waals surface area contributed by atoms with Crippen LogP contribution in [0.1, 0.15) is 12.5 Å². The molecule has 0 saturated carbocycles. The molecule has 0 fully saturated rings. The zero-order valence-corrected chi connectivity index (χ0v) is 17.3. The number of thioether (sulfide) groups is 1. The van der Waals surface area contributed by atoms with Gasteiger partial charge in [0.25, 0.3) is 5.91 Å². The van der Waals surface area contributed by atoms with Crippen molar-refractivity contribution in [2.75, 3.05) is 23.9 Å². The topological polar surface area (TPSA) is 71.0 Å². The predicted octanol–water partition coefficient (Wildman–Crippen LogP) is 4.12. The Labute approximate surface area is 172 Å². The first kappa shape index (κ1) is 20.2. The Balaban J connectivity index is 1.68. The summed E-state index contributed by atoms with van der Waals surface area (Å²) < 4.78 is 5.11. The SMILES string of the molecule is COc1ccc(NC(=O)[C@H](C)SC2=NCC(=O)N2c2ccc(C)cc2)cc1Cl. The number of aliphatic imine (C=N–C) groups is 1. The van der Waals surface area contributed by atoms with E-state index in [0.717, 1.165) is 11.3 Å². The highest BCUT2D eigenvalue weighted by molar-refractivity contribution is 8.15. The molecular formula is C20H20ClN3O3S. The molecule has 1 aliphatic rings. The molecule has 2 aromatic carbocycles. The summed E-state index contributed by atoms with van der Waals surface area (Å²) in [5.41, 5.74) is 2.42. The average Bonchev–Trinajstić information content (AvgIpc) is 3.03. The lowest BCUT2D eigenvalue weighted by Gasteiger charge is -2.20. The fraction of sp³-hybridized carbons (Fsp3) is 0.250. The summed E-state index contributed by atoms with van der Waals surface area (Å²) in [7, 11) is 1.53. The van der Waals surface area contributed by atoms with Gasteiger partial charge >= 0.3 is 0 Å². The van der Waals surface area contributed by atoms with E-state index in [1.165, 1.54) is 18.9 Å². The van der Waals surface area contributed by atoms with Crippen molar-refractivity contribution < 1.29 is 14.3 Å². The van der Waals surface area contributed by atoms with E-state index in [9.17, 15) is 9.59 Å². The van der Waals surface area contributed by atoms with Gasteiger partial charge in [-0.05, 0) is 44.2 Å². The molecule has 0 bridgehead atoms. The summed E-state index contributed by atoms with van der Waals surface area (Å²) in [6.07, 6.45) is 0. The number of amides is 2. The highest BCUT2D eigenvalue weighted by Crippen LogP contribution is 2.29. The highest BCUT2D eigenvalue weighted by Gasteiger charge is 2.30. The number of carbonyl (C=O) groups excluding carboxylic acids is 2. The van der Waals surface area contributed by atoms with Crippen LogP contribution in [0.25, 0.3) is 0 Å². The number of carbonyl (C=O) groups is 2. The van der Waals surface area contributed by atoms with Gasteiger partial charge in [-0.15, -0.1) is 0 Å². The maximum atomic E-state index is 12.6. The van der Waals surface area contributed by atoms with Gasteiger partial charge in [-0.2, -0.15) is 0 Å². The maximum Gasteiger partial charge on any atom is 0.254 e. The Morgan fingerprint density at radius 1 is 1.29 bits per heavy atom. The summed E-state index contributed by atoms with van der Waals surface area (Å²) in [6.45, 7) is 3.83. The minimum atomic E-state index is -0.460. The molecule has 1 aliphatic heterocycles. The third-order valence-electron chi connectivity index (χ3n) is 4.15. The summed E-state index contributed by atoms with van der Waals surface area (Å²) in [5.74, 6) is 0.215. The van der Waals surface area contributed by atoms with E-state index in [1.807, 2.05) is 31.2 Å². The Kier molecular flexibility index (Phi) is 6.26. The molecule has 6 nitrogen and oxygen atoms in total. The largest absolute Gasteiger partial charge is 0.495 e. The molecule has 146 valence electrons. The molecule has 0 aromatic heterocycles. The van der Waals surface area contributed by atoms with E-state index in [1.54, 1.807) is 30.0 Å². The van der Waals surface area contributed by atoms with Crippen LogP contribution in [-0.2, 0) is 9.59 Å². The Hall–Kier alpha value is -2.51. The Morgan fingerprint density at radius 2 is 2.00 bits per heavy atom. The van der Waals surface area contributed by atoms with Crippen molar-refractivity contribution in [1.82, 2.24) is 0 Å². The third-order valence-corrected chi connectivity index (χ3v) is 5.54. The lowest BCUT2D eigenvalue weighted by molar-refractivity contribution is -0.116. The highest BCUT2D eigenvalue weighted by atomic mass is 35.5. The molecular weight excluding hydrogens is 398 g/mol. The molecule has 0 radical (unpaired) electrons. The molecule has 0 aliphatic carbocycles. The molecule has 1 atom stereocenters. The zero-order chi connectivity index (χ0) is 20.3. The number of amidine groups is 1. The van der Waals surface area contributed by atoms with Gasteiger partial charge in [-0.3, -0.25) is 19.5 Å². The molecule has 2 amide bonds. The zero-order valence-electron chi connectivity index (χ0n) is 15.7. The molecule has 2 aromatic rings. The minimum absolute atomic E-state index is 0.0820. The number of aryl methyl sites for hydroxylation is 1. The number of nitrogens with zero attached hydrogens (tertiary/aromatic N) is 2. The summed E-state index contributed by atoms with van der Waals surface area (Å²) >= 11 is 7.34. The van der Waals surface area contributed by atoms with Crippen LogP contribution in [0.2, 0.25) is 5.02 Å². The molecule has 1 heterocycles. The normalized spacial score (nSPS) is 14.6. The number of anilines is 2. The summed E-state index contributed by atoms with van der Waals surface area (Å²) in [5, 5.41) is 3.29. The molecule has 8 heteroatoms. The van der Waals surface area contributed by atoms with Crippen molar-refractivity contribution in [3.63, 3.8) is 0 Å². The second-order valence-electron chi connectivity index (χ2n) is 6.26. The van der Waals surface area contributed by atoms with Crippen molar-refractivity contribution >= 4 is 51.7 Å². The molecule has 0 saturated heterocycles. The van der Waals surface area contributed by atoms with Crippen LogP contribution in [-0.4, -0.2) is 35.9 Å². The Morgan fingerprint density at radius 3 is 2.64 bits per heavy atom. The first-order valence-corrected chi connectivity index (χ1v) is 9.90. The minimum Gasteiger partial charge on any atom is -0.495 e. The van der Waals surface area contributed by atoms with Crippen LogP contribution < -0.4 is 15.0 Å². The molecule has 0 unspecified atom stereocenters. The fourth-order valence-corrected chi connectivity index (χ4v) is 3.81. The van der Waals surface area contributed by atoms with E-state index in [2.05, 4.69) is 10.3 Å². The first-order valence-electron chi connectivity index (χ1n) is 8.64. The second-order valence-corrected chi connectivity index (χ2v) is 7.98. The van der Waals surface area contributed by atoms with Gasteiger partial charge in [0.05, 0.1) is 23.1 Å². The third kappa shape index (κ3) is 4.48. The van der Waals surface area contributed by atoms with Crippen LogP contribution in [0.15, 0.2) is 47.5 Å². The van der Waals surface area contributed by atoms with Crippen molar-refractivity contribution in [3.8, 4) is 5.75 Å². The van der Waals surface area contributed by atoms with Crippen molar-refractivity contribution in [1.29, 1.82) is 0 Å². The van der Waals surface area contributed by atoms with E-state index in [0.29, 0.717) is 21.6 Å². The standard InChI is InChI=1S/C20H20ClN3O3S/c1-12-4-7-15(8-5-12)24-18(25)11-22-20(24)28-13(2)19(26)23-14-6-9-17(27-3)16(21)10-14/h4-10,13H,11H2,1-3H3,(H,23,26)/t13-/m0/s1. The number of nitrogens with one attached hydrogen (secondary N) is 1. The van der Waals surface area contributed by atoms with Crippen molar-refractivity contribution in [3.05, 3.63) is 53.1 Å². The lowest BCUT2D eigenvalue weighted by Crippen LogP contribution is -2.33. The van der Waals surface area contributed by atoms with Crippen LogP contribution >= 0.6 is 23.4 Å². The van der Waals surface area contributed by atoms with Crippen molar-refractivity contribution in [2.24, 2.45) is 4.99 Å². The molecule has 0 spiro atoms. The van der Waals surface area contributed by atoms with Gasteiger partial charge in [0.1, 0.15) is 12.3 Å². The summed E-state index contributed by atoms with van der Waals surface area (Å²) in [4.78, 5) is 30.7. The molecule has 3 rings (SSSR count). The quantitative estimate of drug-likeness (QED) is 0.794. The number of methoxy groups -OCH3 is 1. The van der Waals surface area contributed by atoms with E-state index in [-0.39, 0.29) is 18.4 Å². The monoisotopic (exact) mass is 417 g/mol. The van der Waals surface area contributed by atoms with Gasteiger partial charge in [0.15, 0.2) is 5.17 Å². The van der Waals surface area contributed by atoms with Crippen LogP contribution in [0.3, 0.4) is 0 Å². The van der Waals surface area contributed by atoms with Gasteiger partial charge in [-0.25, -0.2) is 0 Å². The number of halogens is 1. The number of benzene rings is 2. The van der Waals surface area contributed by atoms with Gasteiger partial charge < -0.3 is 10.1 Å². The van der Waals surface area contributed by atoms with Crippen LogP contribution in [0.5, 0.6) is 5.75 Å². The second kappa shape index (κ2) is 8.67. The van der Waals surface area contributed by atoms with Crippen LogP contribution in [0, 0.1) is 6.92 Å². The maximum absolute atomic E-state index is 12.6. The number of ether oxygens (including phenoxy) is 1. The van der Waals surface area contributed by atoms with E-state index < -0.39 is 5.25 Å². The molecule has 1 N–H and O–H groups in total. The predicted molar refractivity (Wildman–Crippen MR) is 115 cm³/mol. The first-order chi connectivity index (χ1) is 13.4. The molecule has 28 heavy (non-hydrogen) atoms. The van der Waals surface area contributed by atoms with Gasteiger partial charge in [0, 0.05) is 5.69 Å². The summed E-state index contributed by atoms with van der Waals surface area (Å²) in [6, 6.07) is 12.7. The average molecular weight is 418 g/mol.